The molecule has 0 unspecified atom stereocenters. The Kier molecular flexibility index (Phi) is 3.14. The molecule has 0 atom stereocenters. The van der Waals surface area contributed by atoms with E-state index < -0.39 is 0 Å². The minimum absolute atomic E-state index is 0.198. The Balaban J connectivity index is 2.72. The zero-order chi connectivity index (χ0) is 8.97. The number of rotatable bonds is 3. The Morgan fingerprint density at radius 2 is 2.25 bits per heavy atom. The SMILES string of the molecule is Cc1cc(N)ccc1[B]OCN. The number of hydrogen-bond donors (Lipinski definition) is 2. The van der Waals surface area contributed by atoms with Gasteiger partial charge in [0.25, 0.3) is 0 Å². The van der Waals surface area contributed by atoms with E-state index in [9.17, 15) is 0 Å². The third kappa shape index (κ3) is 2.25. The fourth-order valence-electron chi connectivity index (χ4n) is 0.969. The Bertz CT molecular complexity index is 265. The van der Waals surface area contributed by atoms with Crippen LogP contribution >= 0.6 is 0 Å². The highest BCUT2D eigenvalue weighted by molar-refractivity contribution is 6.47. The van der Waals surface area contributed by atoms with Gasteiger partial charge >= 0.3 is 7.48 Å². The summed E-state index contributed by atoms with van der Waals surface area (Å²) >= 11 is 0. The van der Waals surface area contributed by atoms with Crippen LogP contribution in [-0.4, -0.2) is 14.2 Å². The number of anilines is 1. The van der Waals surface area contributed by atoms with E-state index in [0.29, 0.717) is 0 Å². The fourth-order valence-corrected chi connectivity index (χ4v) is 0.969. The average molecular weight is 163 g/mol. The van der Waals surface area contributed by atoms with E-state index in [1.54, 1.807) is 7.48 Å². The molecule has 0 amide bonds. The summed E-state index contributed by atoms with van der Waals surface area (Å²) in [6.07, 6.45) is 0. The van der Waals surface area contributed by atoms with Crippen LogP contribution in [-0.2, 0) is 4.65 Å². The number of benzene rings is 1. The van der Waals surface area contributed by atoms with E-state index in [1.807, 2.05) is 25.1 Å². The molecule has 0 aliphatic rings. The second-order valence-electron chi connectivity index (χ2n) is 2.57. The molecule has 1 aromatic carbocycles. The molecule has 0 saturated heterocycles. The van der Waals surface area contributed by atoms with Crippen LogP contribution in [0.1, 0.15) is 5.56 Å². The molecular weight excluding hydrogens is 151 g/mol. The fraction of sp³-hybridized carbons (Fsp3) is 0.250. The normalized spacial score (nSPS) is 9.83. The average Bonchev–Trinajstić information content (AvgIpc) is 2.03. The largest absolute Gasteiger partial charge is 0.422 e. The van der Waals surface area contributed by atoms with Gasteiger partial charge in [-0.15, -0.1) is 0 Å². The van der Waals surface area contributed by atoms with Crippen molar-refractivity contribution >= 4 is 18.6 Å². The van der Waals surface area contributed by atoms with Gasteiger partial charge in [0.2, 0.25) is 0 Å². The van der Waals surface area contributed by atoms with Crippen molar-refractivity contribution < 1.29 is 4.65 Å². The minimum atomic E-state index is 0.198. The van der Waals surface area contributed by atoms with Crippen LogP contribution in [0, 0.1) is 6.92 Å². The first kappa shape index (κ1) is 9.10. The van der Waals surface area contributed by atoms with Crippen molar-refractivity contribution in [1.82, 2.24) is 0 Å². The summed E-state index contributed by atoms with van der Waals surface area (Å²) < 4.78 is 4.95. The highest BCUT2D eigenvalue weighted by atomic mass is 16.4. The van der Waals surface area contributed by atoms with E-state index in [1.165, 1.54) is 0 Å². The van der Waals surface area contributed by atoms with Gasteiger partial charge in [-0.25, -0.2) is 0 Å². The van der Waals surface area contributed by atoms with Crippen molar-refractivity contribution in [2.45, 2.75) is 6.92 Å². The molecule has 12 heavy (non-hydrogen) atoms. The summed E-state index contributed by atoms with van der Waals surface area (Å²) in [6.45, 7) is 2.17. The molecule has 0 saturated carbocycles. The monoisotopic (exact) mass is 163 g/mol. The Morgan fingerprint density at radius 3 is 2.83 bits per heavy atom. The summed E-state index contributed by atoms with van der Waals surface area (Å²) in [5.74, 6) is 0. The van der Waals surface area contributed by atoms with E-state index in [4.69, 9.17) is 16.1 Å². The maximum Gasteiger partial charge on any atom is 0.332 e. The van der Waals surface area contributed by atoms with Gasteiger partial charge in [-0.2, -0.15) is 0 Å². The lowest BCUT2D eigenvalue weighted by Crippen LogP contribution is -2.23. The van der Waals surface area contributed by atoms with Crippen LogP contribution in [0.2, 0.25) is 0 Å². The lowest BCUT2D eigenvalue weighted by Gasteiger charge is -2.04. The summed E-state index contributed by atoms with van der Waals surface area (Å²) in [5.41, 5.74) is 13.6. The van der Waals surface area contributed by atoms with Gasteiger partial charge in [0, 0.05) is 5.69 Å². The number of aryl methyl sites for hydroxylation is 1. The van der Waals surface area contributed by atoms with Gasteiger partial charge in [0.05, 0.1) is 6.73 Å². The Morgan fingerprint density at radius 1 is 1.50 bits per heavy atom. The molecule has 4 heteroatoms. The summed E-state index contributed by atoms with van der Waals surface area (Å²) in [4.78, 5) is 0. The second kappa shape index (κ2) is 4.14. The zero-order valence-electron chi connectivity index (χ0n) is 7.08. The molecule has 1 aromatic rings. The molecule has 1 rings (SSSR count). The smallest absolute Gasteiger partial charge is 0.332 e. The number of nitrogens with two attached hydrogens (primary N) is 2. The lowest BCUT2D eigenvalue weighted by atomic mass is 9.84. The molecule has 0 aliphatic heterocycles. The van der Waals surface area contributed by atoms with Crippen LogP contribution in [0.3, 0.4) is 0 Å². The first-order valence-corrected chi connectivity index (χ1v) is 3.75. The molecule has 0 spiro atoms. The van der Waals surface area contributed by atoms with Gasteiger partial charge in [-0.05, 0) is 19.1 Å². The summed E-state index contributed by atoms with van der Waals surface area (Å²) in [6, 6.07) is 5.63. The molecule has 63 valence electrons. The Hall–Kier alpha value is -0.995. The van der Waals surface area contributed by atoms with E-state index in [0.717, 1.165) is 16.7 Å². The van der Waals surface area contributed by atoms with Gasteiger partial charge in [-0.1, -0.05) is 17.1 Å². The maximum atomic E-state index is 5.58. The number of hydrogen-bond acceptors (Lipinski definition) is 3. The predicted octanol–water partition coefficient (Wildman–Crippen LogP) is -0.245. The van der Waals surface area contributed by atoms with Gasteiger partial charge in [-0.3, -0.25) is 0 Å². The second-order valence-corrected chi connectivity index (χ2v) is 2.57. The maximum absolute atomic E-state index is 5.58. The predicted molar refractivity (Wildman–Crippen MR) is 51.1 cm³/mol. The topological polar surface area (TPSA) is 61.3 Å². The van der Waals surface area contributed by atoms with Crippen molar-refractivity contribution in [2.24, 2.45) is 5.73 Å². The quantitative estimate of drug-likeness (QED) is 0.367. The molecule has 4 N–H and O–H groups in total. The van der Waals surface area contributed by atoms with Gasteiger partial charge in [0.15, 0.2) is 0 Å². The first-order valence-electron chi connectivity index (χ1n) is 3.75. The van der Waals surface area contributed by atoms with Crippen LogP contribution < -0.4 is 16.9 Å². The molecule has 0 bridgehead atoms. The third-order valence-corrected chi connectivity index (χ3v) is 1.60. The molecule has 0 fully saturated rings. The van der Waals surface area contributed by atoms with E-state index >= 15 is 0 Å². The van der Waals surface area contributed by atoms with E-state index in [-0.39, 0.29) is 6.73 Å². The van der Waals surface area contributed by atoms with Crippen LogP contribution in [0.5, 0.6) is 0 Å². The standard InChI is InChI=1S/C8H12BN2O/c1-6-4-7(11)2-3-8(6)9-12-5-10/h2-4H,5,10-11H2,1H3. The number of nitrogen functional groups attached to an aromatic ring is 1. The highest BCUT2D eigenvalue weighted by Crippen LogP contribution is 2.02. The van der Waals surface area contributed by atoms with Crippen LogP contribution in [0.4, 0.5) is 5.69 Å². The van der Waals surface area contributed by atoms with Crippen LogP contribution in [0.15, 0.2) is 18.2 Å². The van der Waals surface area contributed by atoms with Crippen molar-refractivity contribution in [3.63, 3.8) is 0 Å². The van der Waals surface area contributed by atoms with Crippen LogP contribution in [0.25, 0.3) is 0 Å². The molecule has 0 aromatic heterocycles. The van der Waals surface area contributed by atoms with Crippen molar-refractivity contribution in [3.05, 3.63) is 23.8 Å². The molecule has 0 aliphatic carbocycles. The van der Waals surface area contributed by atoms with Gasteiger partial charge < -0.3 is 16.1 Å². The van der Waals surface area contributed by atoms with Gasteiger partial charge in [0.1, 0.15) is 0 Å². The van der Waals surface area contributed by atoms with Crippen molar-refractivity contribution in [2.75, 3.05) is 12.5 Å². The summed E-state index contributed by atoms with van der Waals surface area (Å²) in [7, 11) is 1.63. The molecule has 3 nitrogen and oxygen atoms in total. The lowest BCUT2D eigenvalue weighted by molar-refractivity contribution is 0.355. The zero-order valence-corrected chi connectivity index (χ0v) is 7.08. The minimum Gasteiger partial charge on any atom is -0.422 e. The van der Waals surface area contributed by atoms with Crippen molar-refractivity contribution in [3.8, 4) is 0 Å². The van der Waals surface area contributed by atoms with Crippen molar-refractivity contribution in [1.29, 1.82) is 0 Å². The Labute approximate surface area is 73.0 Å². The highest BCUT2D eigenvalue weighted by Gasteiger charge is 2.00. The molecular formula is C8H12BN2O. The van der Waals surface area contributed by atoms with E-state index in [2.05, 4.69) is 0 Å². The molecule has 1 radical (unpaired) electrons. The third-order valence-electron chi connectivity index (χ3n) is 1.60. The first-order chi connectivity index (χ1) is 5.74. The summed E-state index contributed by atoms with van der Waals surface area (Å²) in [5, 5.41) is 0. The molecule has 0 heterocycles.